The number of thiazole rings is 1. The molecule has 0 unspecified atom stereocenters. The largest absolute Gasteiger partial charge is 0.481 e. The lowest BCUT2D eigenvalue weighted by atomic mass is 9.93. The second-order valence-electron chi connectivity index (χ2n) is 5.84. The van der Waals surface area contributed by atoms with Crippen molar-refractivity contribution in [2.45, 2.75) is 42.0 Å². The van der Waals surface area contributed by atoms with Crippen molar-refractivity contribution in [2.75, 3.05) is 5.75 Å². The summed E-state index contributed by atoms with van der Waals surface area (Å²) in [5.41, 5.74) is 0.385. The summed E-state index contributed by atoms with van der Waals surface area (Å²) in [6.07, 6.45) is 3.44. The fourth-order valence-corrected chi connectivity index (χ4v) is 4.93. The Kier molecular flexibility index (Phi) is 4.87. The van der Waals surface area contributed by atoms with Gasteiger partial charge in [-0.3, -0.25) is 9.59 Å². The summed E-state index contributed by atoms with van der Waals surface area (Å²) in [5, 5.41) is 12.0. The maximum Gasteiger partial charge on any atom is 0.305 e. The van der Waals surface area contributed by atoms with E-state index < -0.39 is 11.5 Å². The minimum Gasteiger partial charge on any atom is -0.481 e. The molecule has 0 spiro atoms. The van der Waals surface area contributed by atoms with E-state index in [0.717, 1.165) is 40.2 Å². The van der Waals surface area contributed by atoms with Crippen LogP contribution in [0.3, 0.4) is 0 Å². The molecule has 2 N–H and O–H groups in total. The summed E-state index contributed by atoms with van der Waals surface area (Å²) >= 11 is 2.97. The van der Waals surface area contributed by atoms with E-state index in [1.54, 1.807) is 11.3 Å². The summed E-state index contributed by atoms with van der Waals surface area (Å²) in [7, 11) is 0. The van der Waals surface area contributed by atoms with Gasteiger partial charge < -0.3 is 10.4 Å². The summed E-state index contributed by atoms with van der Waals surface area (Å²) < 4.78 is 1.97. The van der Waals surface area contributed by atoms with Gasteiger partial charge in [-0.05, 0) is 25.0 Å². The number of fused-ring (bicyclic) bond motifs is 1. The van der Waals surface area contributed by atoms with E-state index in [9.17, 15) is 9.59 Å². The minimum atomic E-state index is -0.856. The number of carbonyl (C=O) groups is 2. The molecule has 1 heterocycles. The number of benzene rings is 1. The molecule has 1 aromatic heterocycles. The normalized spacial score (nSPS) is 16.5. The second kappa shape index (κ2) is 6.88. The van der Waals surface area contributed by atoms with Crippen LogP contribution in [0.4, 0.5) is 0 Å². The lowest BCUT2D eigenvalue weighted by Gasteiger charge is -2.28. The van der Waals surface area contributed by atoms with Crippen LogP contribution in [0.2, 0.25) is 0 Å². The molecule has 1 amide bonds. The number of thioether (sulfide) groups is 1. The zero-order valence-corrected chi connectivity index (χ0v) is 14.2. The lowest BCUT2D eigenvalue weighted by molar-refractivity contribution is -0.139. The average molecular weight is 350 g/mol. The van der Waals surface area contributed by atoms with Crippen molar-refractivity contribution in [3.05, 3.63) is 24.3 Å². The Labute approximate surface area is 142 Å². The van der Waals surface area contributed by atoms with E-state index in [0.29, 0.717) is 0 Å². The Morgan fingerprint density at radius 2 is 2.04 bits per heavy atom. The highest BCUT2D eigenvalue weighted by Gasteiger charge is 2.37. The maximum atomic E-state index is 12.2. The minimum absolute atomic E-state index is 0.00451. The molecule has 1 aliphatic rings. The predicted molar refractivity (Wildman–Crippen MR) is 91.9 cm³/mol. The van der Waals surface area contributed by atoms with E-state index in [4.69, 9.17) is 5.11 Å². The number of para-hydroxylation sites is 1. The van der Waals surface area contributed by atoms with Gasteiger partial charge in [-0.15, -0.1) is 11.3 Å². The molecule has 1 aromatic carbocycles. The van der Waals surface area contributed by atoms with Gasteiger partial charge in [0.05, 0.1) is 27.9 Å². The van der Waals surface area contributed by atoms with Crippen molar-refractivity contribution in [2.24, 2.45) is 0 Å². The summed E-state index contributed by atoms with van der Waals surface area (Å²) in [6.45, 7) is 0. The molecule has 7 heteroatoms. The Morgan fingerprint density at radius 3 is 2.74 bits per heavy atom. The zero-order valence-electron chi connectivity index (χ0n) is 12.6. The van der Waals surface area contributed by atoms with Gasteiger partial charge >= 0.3 is 5.97 Å². The second-order valence-corrected chi connectivity index (χ2v) is 8.10. The molecular weight excluding hydrogens is 332 g/mol. The number of amides is 1. The monoisotopic (exact) mass is 350 g/mol. The van der Waals surface area contributed by atoms with Gasteiger partial charge in [-0.2, -0.15) is 0 Å². The number of carboxylic acid groups (broad SMARTS) is 1. The smallest absolute Gasteiger partial charge is 0.305 e. The van der Waals surface area contributed by atoms with E-state index in [1.165, 1.54) is 11.8 Å². The van der Waals surface area contributed by atoms with E-state index >= 15 is 0 Å². The molecule has 0 radical (unpaired) electrons. The van der Waals surface area contributed by atoms with E-state index in [-0.39, 0.29) is 18.1 Å². The highest BCUT2D eigenvalue weighted by atomic mass is 32.2. The van der Waals surface area contributed by atoms with Crippen molar-refractivity contribution in [3.63, 3.8) is 0 Å². The number of nitrogens with zero attached hydrogens (tertiary/aromatic N) is 1. The molecular formula is C16H18N2O3S2. The zero-order chi connectivity index (χ0) is 16.3. The molecule has 5 nitrogen and oxygen atoms in total. The summed E-state index contributed by atoms with van der Waals surface area (Å²) in [6, 6.07) is 7.88. The van der Waals surface area contributed by atoms with Gasteiger partial charge in [0, 0.05) is 0 Å². The Balaban J connectivity index is 1.59. The Bertz CT molecular complexity index is 690. The van der Waals surface area contributed by atoms with Crippen LogP contribution in [-0.4, -0.2) is 33.3 Å². The number of carboxylic acids is 1. The third-order valence-electron chi connectivity index (χ3n) is 4.06. The summed E-state index contributed by atoms with van der Waals surface area (Å²) in [5.74, 6) is -0.704. The molecule has 23 heavy (non-hydrogen) atoms. The van der Waals surface area contributed by atoms with Crippen molar-refractivity contribution in [3.8, 4) is 0 Å². The van der Waals surface area contributed by atoms with Gasteiger partial charge in [0.25, 0.3) is 0 Å². The molecule has 1 saturated carbocycles. The third-order valence-corrected chi connectivity index (χ3v) is 6.24. The molecule has 0 aliphatic heterocycles. The average Bonchev–Trinajstić information content (AvgIpc) is 3.10. The van der Waals surface area contributed by atoms with Crippen LogP contribution in [0.25, 0.3) is 10.2 Å². The first-order valence-electron chi connectivity index (χ1n) is 7.58. The van der Waals surface area contributed by atoms with Crippen LogP contribution >= 0.6 is 23.1 Å². The van der Waals surface area contributed by atoms with Crippen molar-refractivity contribution >= 4 is 45.2 Å². The molecule has 122 valence electrons. The van der Waals surface area contributed by atoms with Crippen LogP contribution < -0.4 is 5.32 Å². The van der Waals surface area contributed by atoms with Gasteiger partial charge in [0.15, 0.2) is 4.34 Å². The van der Waals surface area contributed by atoms with Crippen LogP contribution in [0, 0.1) is 0 Å². The number of hydrogen-bond donors (Lipinski definition) is 2. The van der Waals surface area contributed by atoms with Crippen LogP contribution in [0.1, 0.15) is 32.1 Å². The first-order chi connectivity index (χ1) is 11.1. The van der Waals surface area contributed by atoms with Crippen LogP contribution in [-0.2, 0) is 9.59 Å². The number of aromatic nitrogens is 1. The fraction of sp³-hybridized carbons (Fsp3) is 0.438. The first-order valence-corrected chi connectivity index (χ1v) is 9.38. The van der Waals surface area contributed by atoms with E-state index in [2.05, 4.69) is 10.3 Å². The van der Waals surface area contributed by atoms with Crippen LogP contribution in [0.5, 0.6) is 0 Å². The summed E-state index contributed by atoms with van der Waals surface area (Å²) in [4.78, 5) is 27.8. The van der Waals surface area contributed by atoms with Gasteiger partial charge in [0.1, 0.15) is 0 Å². The highest BCUT2D eigenvalue weighted by molar-refractivity contribution is 8.01. The number of aliphatic carboxylic acids is 1. The Morgan fingerprint density at radius 1 is 1.30 bits per heavy atom. The molecule has 3 rings (SSSR count). The van der Waals surface area contributed by atoms with Crippen molar-refractivity contribution in [1.29, 1.82) is 0 Å². The van der Waals surface area contributed by atoms with E-state index in [1.807, 2.05) is 24.3 Å². The maximum absolute atomic E-state index is 12.2. The predicted octanol–water partition coefficient (Wildman–Crippen LogP) is 3.29. The molecule has 2 aromatic rings. The van der Waals surface area contributed by atoms with Gasteiger partial charge in [-0.25, -0.2) is 4.98 Å². The lowest BCUT2D eigenvalue weighted by Crippen LogP contribution is -2.48. The van der Waals surface area contributed by atoms with Crippen LogP contribution in [0.15, 0.2) is 28.6 Å². The third kappa shape index (κ3) is 4.03. The van der Waals surface area contributed by atoms with Gasteiger partial charge in [-0.1, -0.05) is 36.7 Å². The number of carbonyl (C=O) groups excluding carboxylic acids is 1. The quantitative estimate of drug-likeness (QED) is 0.782. The molecule has 1 aliphatic carbocycles. The fourth-order valence-electron chi connectivity index (χ4n) is 3.06. The van der Waals surface area contributed by atoms with Gasteiger partial charge in [0.2, 0.25) is 5.91 Å². The van der Waals surface area contributed by atoms with Crippen molar-refractivity contribution in [1.82, 2.24) is 10.3 Å². The SMILES string of the molecule is O=C(O)CC1(NC(=O)CSc2nc3ccccc3s2)CCCC1. The number of hydrogen-bond acceptors (Lipinski definition) is 5. The number of nitrogens with one attached hydrogen (secondary N) is 1. The Hall–Kier alpha value is -1.60. The van der Waals surface area contributed by atoms with Crippen molar-refractivity contribution < 1.29 is 14.7 Å². The number of rotatable bonds is 6. The first kappa shape index (κ1) is 16.3. The molecule has 1 fully saturated rings. The standard InChI is InChI=1S/C16H18N2O3S2/c19-13(18-16(9-14(20)21)7-3-4-8-16)10-22-15-17-11-5-1-2-6-12(11)23-15/h1-2,5-6H,3-4,7-10H2,(H,18,19)(H,20,21). The topological polar surface area (TPSA) is 79.3 Å². The highest BCUT2D eigenvalue weighted by Crippen LogP contribution is 2.33. The molecule has 0 atom stereocenters. The molecule has 0 saturated heterocycles. The molecule has 0 bridgehead atoms.